The molecule has 0 fully saturated rings. The topological polar surface area (TPSA) is 102 Å². The number of carbonyl (C=O) groups is 2. The summed E-state index contributed by atoms with van der Waals surface area (Å²) in [7, 11) is 0. The van der Waals surface area contributed by atoms with Gasteiger partial charge in [-0.15, -0.1) is 0 Å². The summed E-state index contributed by atoms with van der Waals surface area (Å²) in [5, 5.41) is 18.3. The molecule has 0 aliphatic carbocycles. The van der Waals surface area contributed by atoms with Gasteiger partial charge in [-0.1, -0.05) is 0 Å². The molecule has 0 spiro atoms. The SMILES string of the molecule is CC(C)(CCCOc1ccc(Oc2ccc(OCCCC(C)(C)C(=O)O)cc2)cc1)C(=O)O. The fourth-order valence-corrected chi connectivity index (χ4v) is 2.97. The van der Waals surface area contributed by atoms with Crippen molar-refractivity contribution in [1.29, 1.82) is 0 Å². The molecule has 2 aromatic carbocycles. The van der Waals surface area contributed by atoms with Gasteiger partial charge < -0.3 is 24.4 Å². The third kappa shape index (κ3) is 8.67. The van der Waals surface area contributed by atoms with Crippen molar-refractivity contribution in [3.63, 3.8) is 0 Å². The molecule has 33 heavy (non-hydrogen) atoms. The Balaban J connectivity index is 1.74. The van der Waals surface area contributed by atoms with E-state index in [1.54, 1.807) is 27.7 Å². The molecule has 180 valence electrons. The molecule has 0 aliphatic heterocycles. The Bertz CT molecular complexity index is 824. The molecule has 0 saturated heterocycles. The lowest BCUT2D eigenvalue weighted by Crippen LogP contribution is -2.24. The molecule has 0 atom stereocenters. The maximum absolute atomic E-state index is 11.1. The second-order valence-electron chi connectivity index (χ2n) is 9.33. The Morgan fingerprint density at radius 1 is 0.636 bits per heavy atom. The van der Waals surface area contributed by atoms with Gasteiger partial charge in [0.25, 0.3) is 0 Å². The van der Waals surface area contributed by atoms with Crippen molar-refractivity contribution in [1.82, 2.24) is 0 Å². The summed E-state index contributed by atoms with van der Waals surface area (Å²) in [6, 6.07) is 14.5. The van der Waals surface area contributed by atoms with Gasteiger partial charge in [-0.25, -0.2) is 0 Å². The van der Waals surface area contributed by atoms with Gasteiger partial charge in [0.2, 0.25) is 0 Å². The molecule has 0 bridgehead atoms. The standard InChI is InChI=1S/C26H34O7/c1-25(2,23(27)28)15-5-17-31-19-7-11-21(12-8-19)33-22-13-9-20(10-14-22)32-18-6-16-26(3,4)24(29)30/h7-14H,5-6,15-18H2,1-4H3,(H,27,28)(H,29,30). The molecule has 0 heterocycles. The minimum Gasteiger partial charge on any atom is -0.494 e. The summed E-state index contributed by atoms with van der Waals surface area (Å²) in [6.45, 7) is 7.75. The highest BCUT2D eigenvalue weighted by molar-refractivity contribution is 5.73. The fraction of sp³-hybridized carbons (Fsp3) is 0.462. The van der Waals surface area contributed by atoms with Crippen LogP contribution >= 0.6 is 0 Å². The van der Waals surface area contributed by atoms with Crippen LogP contribution in [0.2, 0.25) is 0 Å². The molecule has 0 aliphatic rings. The van der Waals surface area contributed by atoms with Crippen molar-refractivity contribution in [2.24, 2.45) is 10.8 Å². The number of hydrogen-bond acceptors (Lipinski definition) is 5. The summed E-state index contributed by atoms with van der Waals surface area (Å²) < 4.78 is 17.2. The van der Waals surface area contributed by atoms with E-state index < -0.39 is 22.8 Å². The van der Waals surface area contributed by atoms with Crippen molar-refractivity contribution in [3.8, 4) is 23.0 Å². The quantitative estimate of drug-likeness (QED) is 0.334. The lowest BCUT2D eigenvalue weighted by Gasteiger charge is -2.18. The number of hydrogen-bond donors (Lipinski definition) is 2. The molecule has 2 aromatic rings. The third-order valence-corrected chi connectivity index (χ3v) is 5.47. The first-order valence-corrected chi connectivity index (χ1v) is 11.1. The molecule has 0 radical (unpaired) electrons. The average molecular weight is 459 g/mol. The van der Waals surface area contributed by atoms with E-state index in [0.29, 0.717) is 61.9 Å². The van der Waals surface area contributed by atoms with Crippen molar-refractivity contribution >= 4 is 11.9 Å². The molecule has 0 aromatic heterocycles. The van der Waals surface area contributed by atoms with Crippen LogP contribution in [-0.4, -0.2) is 35.4 Å². The first-order valence-electron chi connectivity index (χ1n) is 11.1. The van der Waals surface area contributed by atoms with E-state index in [-0.39, 0.29) is 0 Å². The highest BCUT2D eigenvalue weighted by Crippen LogP contribution is 2.27. The van der Waals surface area contributed by atoms with Crippen molar-refractivity contribution in [3.05, 3.63) is 48.5 Å². The van der Waals surface area contributed by atoms with Gasteiger partial charge in [-0.3, -0.25) is 9.59 Å². The first-order chi connectivity index (χ1) is 15.5. The van der Waals surface area contributed by atoms with Crippen LogP contribution in [0, 0.1) is 10.8 Å². The van der Waals surface area contributed by atoms with Crippen LogP contribution in [-0.2, 0) is 9.59 Å². The Hall–Kier alpha value is -3.22. The van der Waals surface area contributed by atoms with Crippen LogP contribution in [0.4, 0.5) is 0 Å². The van der Waals surface area contributed by atoms with E-state index >= 15 is 0 Å². The normalized spacial score (nSPS) is 11.6. The maximum Gasteiger partial charge on any atom is 0.309 e. The number of aliphatic carboxylic acids is 2. The summed E-state index contributed by atoms with van der Waals surface area (Å²) in [4.78, 5) is 22.2. The van der Waals surface area contributed by atoms with Crippen LogP contribution in [0.5, 0.6) is 23.0 Å². The molecule has 2 rings (SSSR count). The summed E-state index contributed by atoms with van der Waals surface area (Å²) in [6.07, 6.45) is 2.40. The highest BCUT2D eigenvalue weighted by atomic mass is 16.5. The lowest BCUT2D eigenvalue weighted by molar-refractivity contribution is -0.148. The Morgan fingerprint density at radius 3 is 1.24 bits per heavy atom. The predicted octanol–water partition coefficient (Wildman–Crippen LogP) is 6.02. The predicted molar refractivity (Wildman–Crippen MR) is 125 cm³/mol. The van der Waals surface area contributed by atoms with Crippen LogP contribution in [0.15, 0.2) is 48.5 Å². The zero-order valence-electron chi connectivity index (χ0n) is 19.8. The number of benzene rings is 2. The van der Waals surface area contributed by atoms with E-state index in [9.17, 15) is 9.59 Å². The number of carboxylic acid groups (broad SMARTS) is 2. The zero-order valence-corrected chi connectivity index (χ0v) is 19.8. The van der Waals surface area contributed by atoms with E-state index in [1.165, 1.54) is 0 Å². The molecular weight excluding hydrogens is 424 g/mol. The van der Waals surface area contributed by atoms with E-state index in [2.05, 4.69) is 0 Å². The Morgan fingerprint density at radius 2 is 0.939 bits per heavy atom. The molecule has 0 amide bonds. The van der Waals surface area contributed by atoms with Gasteiger partial charge >= 0.3 is 11.9 Å². The van der Waals surface area contributed by atoms with E-state index in [1.807, 2.05) is 48.5 Å². The van der Waals surface area contributed by atoms with E-state index in [0.717, 1.165) is 0 Å². The van der Waals surface area contributed by atoms with Crippen LogP contribution in [0.3, 0.4) is 0 Å². The van der Waals surface area contributed by atoms with Crippen molar-refractivity contribution in [2.75, 3.05) is 13.2 Å². The largest absolute Gasteiger partial charge is 0.494 e. The van der Waals surface area contributed by atoms with Crippen molar-refractivity contribution < 1.29 is 34.0 Å². The van der Waals surface area contributed by atoms with E-state index in [4.69, 9.17) is 24.4 Å². The Labute approximate surface area is 195 Å². The summed E-state index contributed by atoms with van der Waals surface area (Å²) in [5.74, 6) is 1.13. The first kappa shape index (κ1) is 26.0. The lowest BCUT2D eigenvalue weighted by atomic mass is 9.88. The van der Waals surface area contributed by atoms with Gasteiger partial charge in [0.15, 0.2) is 0 Å². The molecular formula is C26H34O7. The maximum atomic E-state index is 11.1. The Kier molecular flexibility index (Phi) is 9.14. The smallest absolute Gasteiger partial charge is 0.309 e. The van der Waals surface area contributed by atoms with Crippen LogP contribution < -0.4 is 14.2 Å². The summed E-state index contributed by atoms with van der Waals surface area (Å²) in [5.41, 5.74) is -1.50. The minimum absolute atomic E-state index is 0.451. The van der Waals surface area contributed by atoms with Gasteiger partial charge in [-0.05, 0) is 102 Å². The highest BCUT2D eigenvalue weighted by Gasteiger charge is 2.26. The number of carboxylic acids is 2. The van der Waals surface area contributed by atoms with Gasteiger partial charge in [0.05, 0.1) is 24.0 Å². The second kappa shape index (κ2) is 11.6. The molecule has 7 heteroatoms. The van der Waals surface area contributed by atoms with Gasteiger partial charge in [0, 0.05) is 0 Å². The fourth-order valence-electron chi connectivity index (χ4n) is 2.97. The molecule has 0 unspecified atom stereocenters. The number of ether oxygens (including phenoxy) is 3. The zero-order chi connectivity index (χ0) is 24.5. The van der Waals surface area contributed by atoms with Crippen LogP contribution in [0.25, 0.3) is 0 Å². The number of rotatable bonds is 14. The monoisotopic (exact) mass is 458 g/mol. The van der Waals surface area contributed by atoms with Crippen LogP contribution in [0.1, 0.15) is 53.4 Å². The minimum atomic E-state index is -0.802. The van der Waals surface area contributed by atoms with Gasteiger partial charge in [0.1, 0.15) is 23.0 Å². The van der Waals surface area contributed by atoms with Gasteiger partial charge in [-0.2, -0.15) is 0 Å². The second-order valence-corrected chi connectivity index (χ2v) is 9.33. The third-order valence-electron chi connectivity index (χ3n) is 5.47. The van der Waals surface area contributed by atoms with Crippen molar-refractivity contribution in [2.45, 2.75) is 53.4 Å². The molecule has 0 saturated carbocycles. The summed E-state index contributed by atoms with van der Waals surface area (Å²) >= 11 is 0. The molecule has 7 nitrogen and oxygen atoms in total. The molecule has 2 N–H and O–H groups in total. The average Bonchev–Trinajstić information content (AvgIpc) is 2.76.